The third kappa shape index (κ3) is 20.8. The minimum Gasteiger partial charge on any atom is -0.396 e. The van der Waals surface area contributed by atoms with Crippen molar-refractivity contribution in [1.82, 2.24) is 63.3 Å². The molecule has 6 N–H and O–H groups in total. The molecule has 0 radical (unpaired) electrons. The van der Waals surface area contributed by atoms with Crippen LogP contribution >= 0.6 is 0 Å². The molecule has 3 saturated heterocycles. The number of rotatable bonds is 24. The number of hydrogen-bond acceptors (Lipinski definition) is 16. The summed E-state index contributed by atoms with van der Waals surface area (Å²) in [7, 11) is 0. The van der Waals surface area contributed by atoms with Gasteiger partial charge in [0.25, 0.3) is 17.7 Å². The number of hydrogen-bond donors (Lipinski definition) is 6. The third-order valence-electron chi connectivity index (χ3n) is 25.7. The Kier molecular flexibility index (Phi) is 28.8. The van der Waals surface area contributed by atoms with E-state index >= 15 is 0 Å². The number of nitrogens with one attached hydrogen (secondary N) is 3. The SMILES string of the molecule is CCC[C@H](C)Nc1ncc2c(C3CCN(C(=O)c4cc(C)nc(C)c4)CC3)cn(C3CCC(CO)CC3)c2n1.CCC[C@H](C)Nc1ncc2c(C3CCN(C(=O)c4ccc(C)cc4)CC3)cn(C3CCC(O)CC3)c2n1.CCCc1ccc(C(=O)N2CCC(c3cn(C4CCC(O)CC4)c4nc(N[C@@H](C)CCC)ncc34)CC2)cc1. The Bertz CT molecular complexity index is 4640. The van der Waals surface area contributed by atoms with E-state index in [9.17, 15) is 29.7 Å². The number of carbonyl (C=O) groups excluding carboxylic acids is 3. The standard InChI is InChI=1S/C32H45N5O2.C31H44N6O2.C30H41N5O2/c1-4-6-22(3)34-32-33-20-28-29(21-37(30(28)35-32)26-12-14-27(38)15-13-26)24-16-18-36(19-17-24)31(39)25-10-8-23(7-5-2)9-11-25;1-5-6-20(2)34-31-32-17-27-28(18-37(29(27)35-31)26-9-7-23(19-38)8-10-26)24-11-13-36(14-12-24)30(39)25-15-21(3)33-22(4)16-25;1-4-5-21(3)32-30-31-18-26-27(19-35(28(26)33-30)24-10-12-25(36)13-11-24)22-14-16-34(17-15-22)29(37)23-8-6-20(2)7-9-23/h8-11,20-22,24,26-27,38H,4-7,12-19H2,1-3H3,(H,33,34,35);15-18,20,23-24,26,38H,5-14,19H2,1-4H3,(H,32,34,35);6-9,18-19,21-22,24-25,36H,4-5,10-17H2,1-3H3,(H,31,32,33)/t22-,26?,27?;20-,23?,26?;21-,24?,25?/m000/s1. The maximum absolute atomic E-state index is 13.2. The molecule has 10 heterocycles. The van der Waals surface area contributed by atoms with Crippen LogP contribution in [0.2, 0.25) is 0 Å². The highest BCUT2D eigenvalue weighted by atomic mass is 16.3. The Morgan fingerprint density at radius 3 is 1.06 bits per heavy atom. The molecule has 3 aliphatic carbocycles. The van der Waals surface area contributed by atoms with E-state index in [1.807, 2.05) is 103 Å². The zero-order valence-electron chi connectivity index (χ0n) is 70.4. The Morgan fingerprint density at radius 2 is 0.739 bits per heavy atom. The largest absolute Gasteiger partial charge is 0.396 e. The molecule has 0 spiro atoms. The van der Waals surface area contributed by atoms with E-state index in [-0.39, 0.29) is 36.5 Å². The quantitative estimate of drug-likeness (QED) is 0.0328. The summed E-state index contributed by atoms with van der Waals surface area (Å²) in [5.41, 5.74) is 13.4. The first kappa shape index (κ1) is 84.1. The number of benzene rings is 2. The van der Waals surface area contributed by atoms with Crippen LogP contribution in [0.4, 0.5) is 17.8 Å². The van der Waals surface area contributed by atoms with Gasteiger partial charge < -0.3 is 59.7 Å². The molecule has 7 aromatic heterocycles. The van der Waals surface area contributed by atoms with Crippen molar-refractivity contribution in [2.45, 2.75) is 302 Å². The van der Waals surface area contributed by atoms with Crippen molar-refractivity contribution in [3.05, 3.63) is 154 Å². The van der Waals surface area contributed by atoms with Crippen molar-refractivity contribution in [3.8, 4) is 0 Å². The van der Waals surface area contributed by atoms with Gasteiger partial charge in [-0.15, -0.1) is 0 Å². The minimum absolute atomic E-state index is 0.102. The fourth-order valence-electron chi connectivity index (χ4n) is 19.1. The second-order valence-corrected chi connectivity index (χ2v) is 34.7. The highest BCUT2D eigenvalue weighted by molar-refractivity contribution is 5.96. The molecule has 6 fully saturated rings. The summed E-state index contributed by atoms with van der Waals surface area (Å²) in [4.78, 5) is 79.2. The van der Waals surface area contributed by atoms with Crippen molar-refractivity contribution in [2.75, 3.05) is 61.8 Å². The minimum atomic E-state index is -0.186. The molecule has 15 rings (SSSR count). The molecule has 6 aliphatic rings. The molecule has 0 bridgehead atoms. The van der Waals surface area contributed by atoms with Crippen molar-refractivity contribution in [3.63, 3.8) is 0 Å². The molecule has 618 valence electrons. The highest BCUT2D eigenvalue weighted by Crippen LogP contribution is 2.44. The van der Waals surface area contributed by atoms with Crippen molar-refractivity contribution >= 4 is 68.7 Å². The first-order chi connectivity index (χ1) is 55.7. The number of amides is 3. The van der Waals surface area contributed by atoms with Crippen LogP contribution in [0.5, 0.6) is 0 Å². The highest BCUT2D eigenvalue weighted by Gasteiger charge is 2.35. The molecule has 3 amide bonds. The number of nitrogens with zero attached hydrogens (tertiary/aromatic N) is 13. The van der Waals surface area contributed by atoms with E-state index in [1.165, 1.54) is 27.8 Å². The van der Waals surface area contributed by atoms with Gasteiger partial charge in [-0.1, -0.05) is 83.2 Å². The topological polar surface area (TPSA) is 263 Å². The van der Waals surface area contributed by atoms with Gasteiger partial charge in [-0.05, 0) is 265 Å². The summed E-state index contributed by atoms with van der Waals surface area (Å²) in [6, 6.07) is 21.9. The molecule has 3 saturated carbocycles. The van der Waals surface area contributed by atoms with Crippen LogP contribution in [0, 0.1) is 26.7 Å². The van der Waals surface area contributed by atoms with Crippen LogP contribution in [-0.4, -0.2) is 173 Å². The molecular weight excluding hydrogens is 1440 g/mol. The Balaban J connectivity index is 0.000000150. The number of aryl methyl sites for hydroxylation is 4. The lowest BCUT2D eigenvalue weighted by Gasteiger charge is -2.32. The third-order valence-corrected chi connectivity index (χ3v) is 25.7. The van der Waals surface area contributed by atoms with E-state index in [1.54, 1.807) is 0 Å². The van der Waals surface area contributed by atoms with Crippen LogP contribution < -0.4 is 16.0 Å². The number of piperidine rings is 3. The number of aliphatic hydroxyl groups is 3. The number of aromatic nitrogens is 10. The lowest BCUT2D eigenvalue weighted by Crippen LogP contribution is -2.38. The average molecular weight is 1570 g/mol. The fourth-order valence-corrected chi connectivity index (χ4v) is 19.1. The van der Waals surface area contributed by atoms with Crippen LogP contribution in [0.1, 0.15) is 315 Å². The van der Waals surface area contributed by atoms with Crippen molar-refractivity contribution in [1.29, 1.82) is 0 Å². The van der Waals surface area contributed by atoms with Gasteiger partial charge >= 0.3 is 0 Å². The van der Waals surface area contributed by atoms with E-state index in [4.69, 9.17) is 29.9 Å². The van der Waals surface area contributed by atoms with Crippen LogP contribution in [0.3, 0.4) is 0 Å². The fraction of sp³-hybridized carbons (Fsp3) is 0.591. The van der Waals surface area contributed by atoms with Gasteiger partial charge in [-0.25, -0.2) is 15.0 Å². The van der Waals surface area contributed by atoms with Crippen LogP contribution in [0.25, 0.3) is 33.1 Å². The molecule has 0 unspecified atom stereocenters. The Labute approximate surface area is 681 Å². The van der Waals surface area contributed by atoms with E-state index < -0.39 is 0 Å². The molecular formula is C93H130N16O6. The van der Waals surface area contributed by atoms with Crippen molar-refractivity contribution in [2.24, 2.45) is 5.92 Å². The molecule has 2 aromatic carbocycles. The molecule has 3 aliphatic heterocycles. The molecule has 9 aromatic rings. The number of carbonyl (C=O) groups is 3. The van der Waals surface area contributed by atoms with E-state index in [2.05, 4.69) is 114 Å². The normalized spacial score (nSPS) is 21.5. The summed E-state index contributed by atoms with van der Waals surface area (Å²) in [5.74, 6) is 3.98. The second kappa shape index (κ2) is 39.4. The van der Waals surface area contributed by atoms with Crippen LogP contribution in [-0.2, 0) is 6.42 Å². The number of aliphatic hydroxyl groups excluding tert-OH is 3. The summed E-state index contributed by atoms with van der Waals surface area (Å²) < 4.78 is 7.12. The smallest absolute Gasteiger partial charge is 0.253 e. The van der Waals surface area contributed by atoms with Gasteiger partial charge in [0.2, 0.25) is 17.8 Å². The van der Waals surface area contributed by atoms with Gasteiger partial charge in [0.15, 0.2) is 0 Å². The Morgan fingerprint density at radius 1 is 0.417 bits per heavy atom. The van der Waals surface area contributed by atoms with E-state index in [0.717, 1.165) is 267 Å². The predicted molar refractivity (Wildman–Crippen MR) is 461 cm³/mol. The predicted octanol–water partition coefficient (Wildman–Crippen LogP) is 18.1. The first-order valence-electron chi connectivity index (χ1n) is 44.1. The van der Waals surface area contributed by atoms with Gasteiger partial charge in [0, 0.05) is 164 Å². The summed E-state index contributed by atoms with van der Waals surface area (Å²) in [5, 5.41) is 43.7. The zero-order valence-corrected chi connectivity index (χ0v) is 70.4. The van der Waals surface area contributed by atoms with Gasteiger partial charge in [0.1, 0.15) is 16.9 Å². The van der Waals surface area contributed by atoms with Gasteiger partial charge in [-0.3, -0.25) is 19.4 Å². The molecule has 22 heteroatoms. The molecule has 3 atom stereocenters. The van der Waals surface area contributed by atoms with Gasteiger partial charge in [-0.2, -0.15) is 15.0 Å². The number of fused-ring (bicyclic) bond motifs is 3. The second-order valence-electron chi connectivity index (χ2n) is 34.7. The molecule has 22 nitrogen and oxygen atoms in total. The maximum atomic E-state index is 13.2. The summed E-state index contributed by atoms with van der Waals surface area (Å²) in [6.07, 6.45) is 38.4. The Hall–Kier alpha value is -8.86. The lowest BCUT2D eigenvalue weighted by atomic mass is 9.86. The summed E-state index contributed by atoms with van der Waals surface area (Å²) >= 11 is 0. The average Bonchev–Trinajstić information content (AvgIpc) is 1.63. The number of anilines is 3. The van der Waals surface area contributed by atoms with Gasteiger partial charge in [0.05, 0.1) is 12.2 Å². The molecule has 115 heavy (non-hydrogen) atoms. The monoisotopic (exact) mass is 1570 g/mol. The maximum Gasteiger partial charge on any atom is 0.253 e. The zero-order chi connectivity index (χ0) is 80.8. The van der Waals surface area contributed by atoms with Crippen molar-refractivity contribution < 1.29 is 29.7 Å². The van der Waals surface area contributed by atoms with Crippen LogP contribution in [0.15, 0.2) is 97.8 Å². The van der Waals surface area contributed by atoms with E-state index in [0.29, 0.717) is 77.8 Å². The number of likely N-dealkylation sites (tertiary alicyclic amines) is 3. The summed E-state index contributed by atoms with van der Waals surface area (Å²) in [6.45, 7) is 26.0. The number of pyridine rings is 1. The first-order valence-corrected chi connectivity index (χ1v) is 44.1. The lowest BCUT2D eigenvalue weighted by molar-refractivity contribution is 0.0705.